The Hall–Kier alpha value is -2.79. The van der Waals surface area contributed by atoms with E-state index in [-0.39, 0.29) is 0 Å². The van der Waals surface area contributed by atoms with Crippen LogP contribution in [0, 0.1) is 0 Å². The fourth-order valence-electron chi connectivity index (χ4n) is 2.61. The van der Waals surface area contributed by atoms with Crippen LogP contribution in [-0.2, 0) is 4.74 Å². The van der Waals surface area contributed by atoms with E-state index in [1.54, 1.807) is 19.5 Å². The molecule has 3 aromatic rings. The molecule has 1 atom stereocenters. The zero-order chi connectivity index (χ0) is 18.4. The molecule has 0 fully saturated rings. The average Bonchev–Trinajstić information content (AvgIpc) is 2.72. The Bertz CT molecular complexity index is 870. The average molecular weight is 364 g/mol. The molecule has 1 unspecified atom stereocenters. The Morgan fingerprint density at radius 2 is 1.81 bits per heavy atom. The second-order valence-electron chi connectivity index (χ2n) is 5.52. The van der Waals surface area contributed by atoms with Crippen molar-refractivity contribution in [2.24, 2.45) is 0 Å². The van der Waals surface area contributed by atoms with E-state index in [1.165, 1.54) is 11.8 Å². The summed E-state index contributed by atoms with van der Waals surface area (Å²) in [5.74, 6) is 0.509. The Morgan fingerprint density at radius 3 is 2.46 bits per heavy atom. The van der Waals surface area contributed by atoms with Crippen molar-refractivity contribution in [3.8, 4) is 17.0 Å². The number of aromatic nitrogens is 2. The summed E-state index contributed by atoms with van der Waals surface area (Å²) in [6.45, 7) is 3.95. The van der Waals surface area contributed by atoms with Crippen molar-refractivity contribution in [2.45, 2.75) is 6.10 Å². The third-order valence-corrected chi connectivity index (χ3v) is 4.45. The lowest BCUT2D eigenvalue weighted by atomic mass is 10.0. The van der Waals surface area contributed by atoms with E-state index in [0.717, 1.165) is 22.4 Å². The van der Waals surface area contributed by atoms with Gasteiger partial charge in [-0.15, -0.1) is 0 Å². The molecule has 1 aromatic carbocycles. The molecule has 26 heavy (non-hydrogen) atoms. The van der Waals surface area contributed by atoms with Crippen LogP contribution < -0.4 is 4.74 Å². The molecule has 0 saturated heterocycles. The highest BCUT2D eigenvalue weighted by molar-refractivity contribution is 8.02. The lowest BCUT2D eigenvalue weighted by molar-refractivity contribution is 0.166. The molecule has 0 spiro atoms. The minimum absolute atomic E-state index is 0.456. The van der Waals surface area contributed by atoms with E-state index in [2.05, 4.69) is 16.5 Å². The van der Waals surface area contributed by atoms with Gasteiger partial charge in [0.2, 0.25) is 5.88 Å². The molecule has 0 amide bonds. The summed E-state index contributed by atoms with van der Waals surface area (Å²) < 4.78 is 11.6. The SMILES string of the molecule is C=C(OC(c1ccccn1)c1cc(-c2ccccc2)cnc1OC)SC. The predicted octanol–water partition coefficient (Wildman–Crippen LogP) is 5.09. The third-order valence-electron chi connectivity index (χ3n) is 3.90. The summed E-state index contributed by atoms with van der Waals surface area (Å²) in [6, 6.07) is 17.9. The Kier molecular flexibility index (Phi) is 5.92. The van der Waals surface area contributed by atoms with Crippen LogP contribution in [0.15, 0.2) is 78.7 Å². The molecule has 4 nitrogen and oxygen atoms in total. The van der Waals surface area contributed by atoms with E-state index in [1.807, 2.05) is 60.9 Å². The van der Waals surface area contributed by atoms with Crippen molar-refractivity contribution >= 4 is 11.8 Å². The smallest absolute Gasteiger partial charge is 0.220 e. The summed E-state index contributed by atoms with van der Waals surface area (Å²) in [6.07, 6.45) is 5.01. The van der Waals surface area contributed by atoms with Gasteiger partial charge in [-0.25, -0.2) is 4.98 Å². The number of benzene rings is 1. The van der Waals surface area contributed by atoms with Gasteiger partial charge in [0.1, 0.15) is 5.09 Å². The van der Waals surface area contributed by atoms with Gasteiger partial charge in [-0.3, -0.25) is 4.98 Å². The first kappa shape index (κ1) is 18.0. The van der Waals surface area contributed by atoms with Crippen LogP contribution in [-0.4, -0.2) is 23.3 Å². The molecule has 132 valence electrons. The summed E-state index contributed by atoms with van der Waals surface area (Å²) in [4.78, 5) is 8.95. The molecular weight excluding hydrogens is 344 g/mol. The minimum Gasteiger partial charge on any atom is -0.481 e. The first-order chi connectivity index (χ1) is 12.7. The zero-order valence-corrected chi connectivity index (χ0v) is 15.6. The number of pyridine rings is 2. The summed E-state index contributed by atoms with van der Waals surface area (Å²) in [7, 11) is 1.60. The van der Waals surface area contributed by atoms with Crippen LogP contribution in [0.5, 0.6) is 5.88 Å². The lowest BCUT2D eigenvalue weighted by Crippen LogP contribution is -2.09. The molecule has 0 N–H and O–H groups in total. The monoisotopic (exact) mass is 364 g/mol. The van der Waals surface area contributed by atoms with Gasteiger partial charge in [0.25, 0.3) is 0 Å². The van der Waals surface area contributed by atoms with E-state index in [4.69, 9.17) is 9.47 Å². The second-order valence-corrected chi connectivity index (χ2v) is 6.38. The van der Waals surface area contributed by atoms with E-state index < -0.39 is 6.10 Å². The minimum atomic E-state index is -0.456. The Morgan fingerprint density at radius 1 is 1.04 bits per heavy atom. The summed E-state index contributed by atoms with van der Waals surface area (Å²) in [5.41, 5.74) is 3.64. The second kappa shape index (κ2) is 8.54. The lowest BCUT2D eigenvalue weighted by Gasteiger charge is -2.21. The highest BCUT2D eigenvalue weighted by Crippen LogP contribution is 2.36. The Balaban J connectivity index is 2.11. The van der Waals surface area contributed by atoms with Crippen LogP contribution in [0.25, 0.3) is 11.1 Å². The molecule has 0 bridgehead atoms. The van der Waals surface area contributed by atoms with Gasteiger partial charge in [-0.1, -0.05) is 48.2 Å². The molecule has 0 saturated carbocycles. The topological polar surface area (TPSA) is 44.2 Å². The third kappa shape index (κ3) is 4.06. The van der Waals surface area contributed by atoms with Gasteiger partial charge in [-0.05, 0) is 36.6 Å². The first-order valence-electron chi connectivity index (χ1n) is 8.12. The van der Waals surface area contributed by atoms with Gasteiger partial charge >= 0.3 is 0 Å². The fraction of sp³-hybridized carbons (Fsp3) is 0.143. The van der Waals surface area contributed by atoms with Crippen molar-refractivity contribution in [3.05, 3.63) is 89.9 Å². The number of hydrogen-bond donors (Lipinski definition) is 0. The maximum atomic E-state index is 6.09. The molecule has 2 aromatic heterocycles. The van der Waals surface area contributed by atoms with Crippen LogP contribution in [0.3, 0.4) is 0 Å². The first-order valence-corrected chi connectivity index (χ1v) is 9.35. The number of ether oxygens (including phenoxy) is 2. The Labute approximate surface area is 157 Å². The van der Waals surface area contributed by atoms with E-state index in [9.17, 15) is 0 Å². The number of nitrogens with zero attached hydrogens (tertiary/aromatic N) is 2. The molecule has 0 aliphatic heterocycles. The molecule has 0 radical (unpaired) electrons. The highest BCUT2D eigenvalue weighted by atomic mass is 32.2. The van der Waals surface area contributed by atoms with Crippen LogP contribution >= 0.6 is 11.8 Å². The quantitative estimate of drug-likeness (QED) is 0.546. The van der Waals surface area contributed by atoms with Crippen molar-refractivity contribution in [1.29, 1.82) is 0 Å². The molecule has 0 aliphatic carbocycles. The highest BCUT2D eigenvalue weighted by Gasteiger charge is 2.23. The van der Waals surface area contributed by atoms with Gasteiger partial charge in [0.05, 0.1) is 18.4 Å². The normalized spacial score (nSPS) is 11.6. The van der Waals surface area contributed by atoms with Crippen molar-refractivity contribution in [2.75, 3.05) is 13.4 Å². The molecule has 2 heterocycles. The summed E-state index contributed by atoms with van der Waals surface area (Å²) in [5, 5.41) is 0.604. The van der Waals surface area contributed by atoms with E-state index in [0.29, 0.717) is 11.0 Å². The zero-order valence-electron chi connectivity index (χ0n) is 14.8. The van der Waals surface area contributed by atoms with Gasteiger partial charge in [-0.2, -0.15) is 0 Å². The fourth-order valence-corrected chi connectivity index (χ4v) is 2.80. The standard InChI is InChI=1S/C21H20N2O2S/c1-15(26-3)25-20(19-11-7-8-12-22-19)18-13-17(14-23-21(18)24-2)16-9-5-4-6-10-16/h4-14,20H,1H2,2-3H3. The molecule has 0 aliphatic rings. The number of hydrogen-bond acceptors (Lipinski definition) is 5. The summed E-state index contributed by atoms with van der Waals surface area (Å²) >= 11 is 1.45. The number of rotatable bonds is 7. The molecular formula is C21H20N2O2S. The van der Waals surface area contributed by atoms with Crippen molar-refractivity contribution in [1.82, 2.24) is 9.97 Å². The molecule has 3 rings (SSSR count). The van der Waals surface area contributed by atoms with Crippen LogP contribution in [0.1, 0.15) is 17.4 Å². The van der Waals surface area contributed by atoms with Crippen molar-refractivity contribution in [3.63, 3.8) is 0 Å². The largest absolute Gasteiger partial charge is 0.481 e. The molecule has 5 heteroatoms. The van der Waals surface area contributed by atoms with Crippen LogP contribution in [0.2, 0.25) is 0 Å². The van der Waals surface area contributed by atoms with Gasteiger partial charge in [0, 0.05) is 18.0 Å². The van der Waals surface area contributed by atoms with Gasteiger partial charge < -0.3 is 9.47 Å². The number of methoxy groups -OCH3 is 1. The van der Waals surface area contributed by atoms with Gasteiger partial charge in [0.15, 0.2) is 6.10 Å². The number of thioether (sulfide) groups is 1. The maximum absolute atomic E-state index is 6.09. The maximum Gasteiger partial charge on any atom is 0.220 e. The van der Waals surface area contributed by atoms with Crippen molar-refractivity contribution < 1.29 is 9.47 Å². The predicted molar refractivity (Wildman–Crippen MR) is 106 cm³/mol. The van der Waals surface area contributed by atoms with E-state index >= 15 is 0 Å². The van der Waals surface area contributed by atoms with Crippen LogP contribution in [0.4, 0.5) is 0 Å².